The summed E-state index contributed by atoms with van der Waals surface area (Å²) in [7, 11) is 2.21. The van der Waals surface area contributed by atoms with E-state index in [1.807, 2.05) is 12.1 Å². The van der Waals surface area contributed by atoms with Gasteiger partial charge in [-0.05, 0) is 58.4 Å². The minimum Gasteiger partial charge on any atom is -0.382 e. The summed E-state index contributed by atoms with van der Waals surface area (Å²) >= 11 is 0. The summed E-state index contributed by atoms with van der Waals surface area (Å²) in [5.74, 6) is 1.69. The molecule has 3 heterocycles. The number of hydrogen-bond donors (Lipinski definition) is 2. The molecular weight excluding hydrogens is 360 g/mol. The second-order valence-corrected chi connectivity index (χ2v) is 8.38. The van der Waals surface area contributed by atoms with Crippen molar-refractivity contribution >= 4 is 27.8 Å². The Balaban J connectivity index is 1.56. The minimum absolute atomic E-state index is 0.541. The smallest absolute Gasteiger partial charge is 0.152 e. The Labute approximate surface area is 173 Å². The fraction of sp³-hybridized carbons (Fsp3) is 0.565. The molecule has 0 radical (unpaired) electrons. The highest BCUT2D eigenvalue weighted by molar-refractivity contribution is 6.06. The predicted molar refractivity (Wildman–Crippen MR) is 121 cm³/mol. The maximum absolute atomic E-state index is 6.29. The maximum Gasteiger partial charge on any atom is 0.152 e. The molecule has 1 fully saturated rings. The van der Waals surface area contributed by atoms with Gasteiger partial charge in [-0.2, -0.15) is 0 Å². The Bertz CT molecular complexity index is 955. The molecule has 0 unspecified atom stereocenters. The largest absolute Gasteiger partial charge is 0.382 e. The molecule has 0 aliphatic carbocycles. The van der Waals surface area contributed by atoms with E-state index in [9.17, 15) is 0 Å². The molecule has 0 amide bonds. The Hall–Kier alpha value is -2.18. The Kier molecular flexibility index (Phi) is 6.31. The Morgan fingerprint density at radius 1 is 1.14 bits per heavy atom. The number of anilines is 1. The van der Waals surface area contributed by atoms with Crippen LogP contribution < -0.4 is 11.1 Å². The van der Waals surface area contributed by atoms with Crippen LogP contribution in [0.3, 0.4) is 0 Å². The number of likely N-dealkylation sites (tertiary alicyclic amines) is 1. The number of fused-ring (bicyclic) bond motifs is 3. The fourth-order valence-electron chi connectivity index (χ4n) is 4.43. The third-order valence-electron chi connectivity index (χ3n) is 6.15. The first-order valence-electron chi connectivity index (χ1n) is 11.1. The monoisotopic (exact) mass is 394 g/mol. The van der Waals surface area contributed by atoms with Crippen molar-refractivity contribution in [2.45, 2.75) is 58.0 Å². The molecule has 1 aromatic carbocycles. The summed E-state index contributed by atoms with van der Waals surface area (Å²) in [5.41, 5.74) is 9.25. The third kappa shape index (κ3) is 4.38. The first-order valence-corrected chi connectivity index (χ1v) is 11.1. The SMILES string of the molecule is CCCCc1nc2c(N)nc3ccccc3c2n1CCCNC1CCN(C)CC1. The lowest BCUT2D eigenvalue weighted by Crippen LogP contribution is -2.41. The van der Waals surface area contributed by atoms with Gasteiger partial charge in [-0.3, -0.25) is 0 Å². The fourth-order valence-corrected chi connectivity index (χ4v) is 4.43. The topological polar surface area (TPSA) is 72.0 Å². The van der Waals surface area contributed by atoms with Crippen molar-refractivity contribution in [3.05, 3.63) is 30.1 Å². The molecule has 156 valence electrons. The number of nitrogens with one attached hydrogen (secondary N) is 1. The van der Waals surface area contributed by atoms with Gasteiger partial charge in [-0.25, -0.2) is 9.97 Å². The van der Waals surface area contributed by atoms with Gasteiger partial charge in [-0.15, -0.1) is 0 Å². The van der Waals surface area contributed by atoms with Crippen molar-refractivity contribution < 1.29 is 0 Å². The zero-order chi connectivity index (χ0) is 20.2. The number of benzene rings is 1. The summed E-state index contributed by atoms with van der Waals surface area (Å²) in [6.45, 7) is 6.62. The van der Waals surface area contributed by atoms with Crippen molar-refractivity contribution in [2.24, 2.45) is 0 Å². The third-order valence-corrected chi connectivity index (χ3v) is 6.15. The van der Waals surface area contributed by atoms with E-state index in [-0.39, 0.29) is 0 Å². The lowest BCUT2D eigenvalue weighted by molar-refractivity contribution is 0.234. The van der Waals surface area contributed by atoms with Crippen LogP contribution in [0.15, 0.2) is 24.3 Å². The van der Waals surface area contributed by atoms with E-state index in [1.54, 1.807) is 0 Å². The number of hydrogen-bond acceptors (Lipinski definition) is 5. The van der Waals surface area contributed by atoms with Gasteiger partial charge in [0.15, 0.2) is 5.82 Å². The molecule has 0 atom stereocenters. The van der Waals surface area contributed by atoms with Gasteiger partial charge in [0.2, 0.25) is 0 Å². The van der Waals surface area contributed by atoms with E-state index >= 15 is 0 Å². The first kappa shape index (κ1) is 20.1. The zero-order valence-electron chi connectivity index (χ0n) is 17.8. The second kappa shape index (κ2) is 9.09. The van der Waals surface area contributed by atoms with Crippen LogP contribution in [0.1, 0.15) is 44.9 Å². The van der Waals surface area contributed by atoms with E-state index < -0.39 is 0 Å². The summed E-state index contributed by atoms with van der Waals surface area (Å²) in [6.07, 6.45) is 6.88. The lowest BCUT2D eigenvalue weighted by Gasteiger charge is -2.29. The molecule has 1 saturated heterocycles. The number of nitrogen functional groups attached to an aromatic ring is 1. The standard InChI is InChI=1S/C23H34N6/c1-3-4-10-20-27-21-22(18-8-5-6-9-19(18)26-23(21)24)29(20)14-7-13-25-17-11-15-28(2)16-12-17/h5-6,8-9,17,25H,3-4,7,10-16H2,1-2H3,(H2,24,26). The highest BCUT2D eigenvalue weighted by atomic mass is 15.1. The molecule has 0 bridgehead atoms. The molecule has 0 saturated carbocycles. The molecule has 4 rings (SSSR count). The van der Waals surface area contributed by atoms with Gasteiger partial charge in [0, 0.05) is 24.4 Å². The number of aromatic nitrogens is 3. The van der Waals surface area contributed by atoms with E-state index in [4.69, 9.17) is 10.7 Å². The lowest BCUT2D eigenvalue weighted by atomic mass is 10.1. The van der Waals surface area contributed by atoms with E-state index in [0.717, 1.165) is 66.5 Å². The number of nitrogens with two attached hydrogens (primary N) is 1. The molecule has 1 aliphatic heterocycles. The molecule has 6 heteroatoms. The molecular formula is C23H34N6. The number of rotatable bonds is 8. The Morgan fingerprint density at radius 3 is 2.72 bits per heavy atom. The van der Waals surface area contributed by atoms with Crippen LogP contribution in [0.25, 0.3) is 21.9 Å². The summed E-state index contributed by atoms with van der Waals surface area (Å²) in [5, 5.41) is 4.91. The zero-order valence-corrected chi connectivity index (χ0v) is 17.8. The van der Waals surface area contributed by atoms with Crippen LogP contribution in [0.4, 0.5) is 5.82 Å². The van der Waals surface area contributed by atoms with E-state index in [2.05, 4.69) is 45.9 Å². The van der Waals surface area contributed by atoms with Gasteiger partial charge in [0.1, 0.15) is 11.3 Å². The number of aryl methyl sites for hydroxylation is 2. The number of para-hydroxylation sites is 1. The van der Waals surface area contributed by atoms with Gasteiger partial charge in [0.05, 0.1) is 11.0 Å². The van der Waals surface area contributed by atoms with Crippen molar-refractivity contribution in [1.82, 2.24) is 24.8 Å². The molecule has 6 nitrogen and oxygen atoms in total. The molecule has 3 N–H and O–H groups in total. The van der Waals surface area contributed by atoms with Crippen molar-refractivity contribution in [3.8, 4) is 0 Å². The predicted octanol–water partition coefficient (Wildman–Crippen LogP) is 3.58. The average molecular weight is 395 g/mol. The highest BCUT2D eigenvalue weighted by Gasteiger charge is 2.18. The van der Waals surface area contributed by atoms with E-state index in [0.29, 0.717) is 11.9 Å². The van der Waals surface area contributed by atoms with Crippen LogP contribution in [0.5, 0.6) is 0 Å². The second-order valence-electron chi connectivity index (χ2n) is 8.38. The van der Waals surface area contributed by atoms with Crippen molar-refractivity contribution in [3.63, 3.8) is 0 Å². The molecule has 3 aromatic rings. The van der Waals surface area contributed by atoms with Crippen LogP contribution in [-0.2, 0) is 13.0 Å². The summed E-state index contributed by atoms with van der Waals surface area (Å²) in [6, 6.07) is 8.93. The van der Waals surface area contributed by atoms with Gasteiger partial charge in [0.25, 0.3) is 0 Å². The van der Waals surface area contributed by atoms with Gasteiger partial charge < -0.3 is 20.5 Å². The van der Waals surface area contributed by atoms with Crippen LogP contribution in [0.2, 0.25) is 0 Å². The van der Waals surface area contributed by atoms with Crippen LogP contribution >= 0.6 is 0 Å². The number of unbranched alkanes of at least 4 members (excludes halogenated alkanes) is 1. The maximum atomic E-state index is 6.29. The number of pyridine rings is 1. The van der Waals surface area contributed by atoms with Gasteiger partial charge >= 0.3 is 0 Å². The van der Waals surface area contributed by atoms with Crippen molar-refractivity contribution in [1.29, 1.82) is 0 Å². The quantitative estimate of drug-likeness (QED) is 0.571. The first-order chi connectivity index (χ1) is 14.2. The molecule has 29 heavy (non-hydrogen) atoms. The summed E-state index contributed by atoms with van der Waals surface area (Å²) < 4.78 is 2.40. The molecule has 1 aliphatic rings. The van der Waals surface area contributed by atoms with E-state index in [1.165, 1.54) is 25.9 Å². The average Bonchev–Trinajstić information content (AvgIpc) is 3.10. The molecule has 2 aromatic heterocycles. The number of imidazole rings is 1. The summed E-state index contributed by atoms with van der Waals surface area (Å²) in [4.78, 5) is 11.9. The Morgan fingerprint density at radius 2 is 1.93 bits per heavy atom. The molecule has 0 spiro atoms. The van der Waals surface area contributed by atoms with Crippen LogP contribution in [0, 0.1) is 0 Å². The van der Waals surface area contributed by atoms with Crippen molar-refractivity contribution in [2.75, 3.05) is 32.4 Å². The normalized spacial score (nSPS) is 16.2. The number of nitrogens with zero attached hydrogens (tertiary/aromatic N) is 4. The highest BCUT2D eigenvalue weighted by Crippen LogP contribution is 2.29. The minimum atomic E-state index is 0.541. The number of piperidine rings is 1. The van der Waals surface area contributed by atoms with Crippen LogP contribution in [-0.4, -0.2) is 52.2 Å². The van der Waals surface area contributed by atoms with Gasteiger partial charge in [-0.1, -0.05) is 31.5 Å².